The maximum atomic E-state index is 2.15. The number of allylic oxidation sites excluding steroid dienone is 2. The highest BCUT2D eigenvalue weighted by Crippen LogP contribution is 2.18. The minimum Gasteiger partial charge on any atom is -0.141 e. The molecule has 2 heteroatoms. The van der Waals surface area contributed by atoms with Crippen LogP contribution in [0.4, 0.5) is 0 Å². The van der Waals surface area contributed by atoms with Gasteiger partial charge >= 0.3 is 0 Å². The molecule has 0 aliphatic heterocycles. The van der Waals surface area contributed by atoms with E-state index in [0.29, 0.717) is 0 Å². The van der Waals surface area contributed by atoms with E-state index in [1.54, 1.807) is 0 Å². The Balaban J connectivity index is 0.000000829. The molecule has 0 fully saturated rings. The van der Waals surface area contributed by atoms with Crippen LogP contribution in [-0.4, -0.2) is 0 Å². The summed E-state index contributed by atoms with van der Waals surface area (Å²) in [5, 5.41) is 0. The van der Waals surface area contributed by atoms with E-state index in [4.69, 9.17) is 0 Å². The summed E-state index contributed by atoms with van der Waals surface area (Å²) >= 11 is 3.64. The summed E-state index contributed by atoms with van der Waals surface area (Å²) in [5.74, 6) is 0. The molecule has 0 unspecified atom stereocenters. The van der Waals surface area contributed by atoms with Crippen molar-refractivity contribution in [2.75, 3.05) is 0 Å². The number of thiophene rings is 2. The zero-order valence-electron chi connectivity index (χ0n) is 13.4. The molecule has 0 nitrogen and oxygen atoms in total. The first-order valence-electron chi connectivity index (χ1n) is 7.22. The maximum absolute atomic E-state index is 2.15. The van der Waals surface area contributed by atoms with Crippen LogP contribution in [0.3, 0.4) is 0 Å². The van der Waals surface area contributed by atoms with Gasteiger partial charge in [0.15, 0.2) is 0 Å². The van der Waals surface area contributed by atoms with E-state index in [2.05, 4.69) is 62.4 Å². The van der Waals surface area contributed by atoms with Crippen molar-refractivity contribution in [2.24, 2.45) is 0 Å². The van der Waals surface area contributed by atoms with E-state index in [9.17, 15) is 0 Å². The molecule has 0 saturated carbocycles. The average Bonchev–Trinajstić information content (AvgIpc) is 3.08. The van der Waals surface area contributed by atoms with E-state index in [0.717, 1.165) is 0 Å². The Hall–Kier alpha value is -1.12. The molecule has 0 spiro atoms. The predicted octanol–water partition coefficient (Wildman–Crippen LogP) is 7.21. The van der Waals surface area contributed by atoms with Gasteiger partial charge in [-0.25, -0.2) is 0 Å². The van der Waals surface area contributed by atoms with Crippen LogP contribution in [0.15, 0.2) is 36.4 Å². The van der Waals surface area contributed by atoms with Crippen LogP contribution in [0, 0.1) is 13.8 Å². The maximum Gasteiger partial charge on any atom is 0.0273 e. The molecular formula is C18H26S2. The van der Waals surface area contributed by atoms with Crippen molar-refractivity contribution in [3.63, 3.8) is 0 Å². The van der Waals surface area contributed by atoms with Crippen LogP contribution in [0.2, 0.25) is 0 Å². The molecule has 20 heavy (non-hydrogen) atoms. The molecule has 0 atom stereocenters. The Labute approximate surface area is 132 Å². The summed E-state index contributed by atoms with van der Waals surface area (Å²) in [5.41, 5.74) is 0. The monoisotopic (exact) mass is 306 g/mol. The molecule has 0 aliphatic rings. The minimum absolute atomic E-state index is 1.31. The third kappa shape index (κ3) is 7.46. The molecule has 2 aromatic rings. The normalized spacial score (nSPS) is 10.1. The summed E-state index contributed by atoms with van der Waals surface area (Å²) in [6.07, 6.45) is 8.49. The first-order chi connectivity index (χ1) is 9.74. The lowest BCUT2D eigenvalue weighted by molar-refractivity contribution is 1.50. The van der Waals surface area contributed by atoms with Crippen molar-refractivity contribution in [3.05, 3.63) is 55.9 Å². The van der Waals surface area contributed by atoms with Gasteiger partial charge in [-0.3, -0.25) is 0 Å². The van der Waals surface area contributed by atoms with Gasteiger partial charge in [-0.15, -0.1) is 22.7 Å². The summed E-state index contributed by atoms with van der Waals surface area (Å²) in [6.45, 7) is 12.3. The molecule has 2 heterocycles. The van der Waals surface area contributed by atoms with Crippen molar-refractivity contribution >= 4 is 34.8 Å². The Morgan fingerprint density at radius 3 is 1.25 bits per heavy atom. The van der Waals surface area contributed by atoms with Crippen LogP contribution in [0.5, 0.6) is 0 Å². The van der Waals surface area contributed by atoms with Crippen LogP contribution in [0.1, 0.15) is 47.2 Å². The molecular weight excluding hydrogens is 280 g/mol. The second kappa shape index (κ2) is 11.7. The first-order valence-corrected chi connectivity index (χ1v) is 8.85. The van der Waals surface area contributed by atoms with Gasteiger partial charge in [0, 0.05) is 19.5 Å². The summed E-state index contributed by atoms with van der Waals surface area (Å²) in [6, 6.07) is 8.60. The van der Waals surface area contributed by atoms with E-state index in [1.165, 1.54) is 19.5 Å². The zero-order chi connectivity index (χ0) is 15.4. The van der Waals surface area contributed by atoms with Crippen molar-refractivity contribution in [2.45, 2.75) is 41.5 Å². The highest BCUT2D eigenvalue weighted by molar-refractivity contribution is 7.13. The molecule has 0 radical (unpaired) electrons. The Morgan fingerprint density at radius 1 is 0.650 bits per heavy atom. The van der Waals surface area contributed by atoms with E-state index in [1.807, 2.05) is 50.4 Å². The van der Waals surface area contributed by atoms with Crippen LogP contribution >= 0.6 is 22.7 Å². The van der Waals surface area contributed by atoms with E-state index >= 15 is 0 Å². The van der Waals surface area contributed by atoms with Crippen LogP contribution < -0.4 is 0 Å². The van der Waals surface area contributed by atoms with Gasteiger partial charge in [-0.05, 0) is 50.3 Å². The fourth-order valence-electron chi connectivity index (χ4n) is 1.39. The first kappa shape index (κ1) is 18.9. The Kier molecular flexibility index (Phi) is 11.0. The van der Waals surface area contributed by atoms with Crippen LogP contribution in [0.25, 0.3) is 12.2 Å². The lowest BCUT2D eigenvalue weighted by Gasteiger charge is -1.82. The molecule has 2 rings (SSSR count). The van der Waals surface area contributed by atoms with Crippen molar-refractivity contribution in [1.82, 2.24) is 0 Å². The van der Waals surface area contributed by atoms with Gasteiger partial charge in [-0.2, -0.15) is 0 Å². The van der Waals surface area contributed by atoms with Gasteiger partial charge in [0.2, 0.25) is 0 Å². The summed E-state index contributed by atoms with van der Waals surface area (Å²) in [4.78, 5) is 5.34. The molecule has 0 aliphatic carbocycles. The highest BCUT2D eigenvalue weighted by atomic mass is 32.1. The molecule has 0 N–H and O–H groups in total. The fourth-order valence-corrected chi connectivity index (χ4v) is 2.97. The molecule has 2 aromatic heterocycles. The topological polar surface area (TPSA) is 0 Å². The smallest absolute Gasteiger partial charge is 0.0273 e. The number of hydrogen-bond donors (Lipinski definition) is 0. The van der Waals surface area contributed by atoms with Gasteiger partial charge < -0.3 is 0 Å². The van der Waals surface area contributed by atoms with Gasteiger partial charge in [0.1, 0.15) is 0 Å². The van der Waals surface area contributed by atoms with Crippen molar-refractivity contribution in [1.29, 1.82) is 0 Å². The second-order valence-corrected chi connectivity index (χ2v) is 6.25. The summed E-state index contributed by atoms with van der Waals surface area (Å²) < 4.78 is 0. The lowest BCUT2D eigenvalue weighted by Crippen LogP contribution is -1.56. The Bertz CT molecular complexity index is 465. The number of rotatable bonds is 3. The van der Waals surface area contributed by atoms with Gasteiger partial charge in [0.05, 0.1) is 0 Å². The largest absolute Gasteiger partial charge is 0.141 e. The van der Waals surface area contributed by atoms with Crippen molar-refractivity contribution in [3.8, 4) is 0 Å². The van der Waals surface area contributed by atoms with Gasteiger partial charge in [0.25, 0.3) is 0 Å². The molecule has 0 amide bonds. The highest BCUT2D eigenvalue weighted by Gasteiger charge is 1.90. The third-order valence-electron chi connectivity index (χ3n) is 2.15. The van der Waals surface area contributed by atoms with Gasteiger partial charge in [-0.1, -0.05) is 39.8 Å². The molecule has 0 bridgehead atoms. The molecule has 110 valence electrons. The second-order valence-electron chi connectivity index (χ2n) is 3.62. The standard InChI is InChI=1S/C14H14S2.2C2H6/c1-11-7-9-13(15-11)5-3-4-6-14-10-8-12(2)16-14;2*1-2/h3-10H,1-2H3;2*1-2H3. The quantitative estimate of drug-likeness (QED) is 0.526. The predicted molar refractivity (Wildman–Crippen MR) is 98.9 cm³/mol. The van der Waals surface area contributed by atoms with E-state index in [-0.39, 0.29) is 0 Å². The lowest BCUT2D eigenvalue weighted by atomic mass is 10.3. The molecule has 0 saturated heterocycles. The Morgan fingerprint density at radius 2 is 1.00 bits per heavy atom. The molecule has 0 aromatic carbocycles. The average molecular weight is 307 g/mol. The number of hydrogen-bond acceptors (Lipinski definition) is 2. The minimum atomic E-state index is 1.31. The SMILES string of the molecule is CC.CC.Cc1ccc(C=CC=Cc2ccc(C)s2)s1. The van der Waals surface area contributed by atoms with E-state index < -0.39 is 0 Å². The summed E-state index contributed by atoms with van der Waals surface area (Å²) in [7, 11) is 0. The number of aryl methyl sites for hydroxylation is 2. The van der Waals surface area contributed by atoms with Crippen molar-refractivity contribution < 1.29 is 0 Å². The fraction of sp³-hybridized carbons (Fsp3) is 0.333. The zero-order valence-corrected chi connectivity index (χ0v) is 15.1. The third-order valence-corrected chi connectivity index (χ3v) is 4.09. The van der Waals surface area contributed by atoms with Crippen LogP contribution in [-0.2, 0) is 0 Å².